The number of benzene rings is 2. The number of aromatic hydroxyl groups is 4. The molecule has 138 valence electrons. The SMILES string of the molecule is O=C1CC[C@@H](c2c(O)cc3oc(-c4ccc(O)c(O)c4)cc(=O)c3c2O)N1. The van der Waals surface area contributed by atoms with Gasteiger partial charge in [-0.05, 0) is 24.6 Å². The maximum atomic E-state index is 12.6. The second kappa shape index (κ2) is 5.94. The van der Waals surface area contributed by atoms with E-state index in [0.29, 0.717) is 12.0 Å². The number of phenols is 4. The highest BCUT2D eigenvalue weighted by Crippen LogP contribution is 2.42. The number of hydrogen-bond donors (Lipinski definition) is 5. The fourth-order valence-electron chi connectivity index (χ4n) is 3.30. The Kier molecular flexibility index (Phi) is 3.69. The molecule has 1 saturated heterocycles. The zero-order valence-corrected chi connectivity index (χ0v) is 13.9. The lowest BCUT2D eigenvalue weighted by molar-refractivity contribution is -0.119. The van der Waals surface area contributed by atoms with Gasteiger partial charge in [0.15, 0.2) is 16.9 Å². The molecule has 8 heteroatoms. The van der Waals surface area contributed by atoms with Crippen LogP contribution in [0.15, 0.2) is 39.5 Å². The first-order valence-electron chi connectivity index (χ1n) is 8.19. The topological polar surface area (TPSA) is 140 Å². The van der Waals surface area contributed by atoms with E-state index in [1.165, 1.54) is 24.3 Å². The maximum absolute atomic E-state index is 12.6. The molecule has 27 heavy (non-hydrogen) atoms. The van der Waals surface area contributed by atoms with Crippen LogP contribution in [0, 0.1) is 0 Å². The van der Waals surface area contributed by atoms with Gasteiger partial charge in [-0.15, -0.1) is 0 Å². The van der Waals surface area contributed by atoms with Crippen LogP contribution >= 0.6 is 0 Å². The van der Waals surface area contributed by atoms with Crippen molar-refractivity contribution >= 4 is 16.9 Å². The lowest BCUT2D eigenvalue weighted by Crippen LogP contribution is -2.18. The smallest absolute Gasteiger partial charge is 0.220 e. The van der Waals surface area contributed by atoms with E-state index in [9.17, 15) is 30.0 Å². The molecule has 3 aromatic rings. The number of nitrogens with one attached hydrogen (secondary N) is 1. The van der Waals surface area contributed by atoms with E-state index >= 15 is 0 Å². The molecule has 0 saturated carbocycles. The Balaban J connectivity index is 1.90. The first-order chi connectivity index (χ1) is 12.8. The van der Waals surface area contributed by atoms with E-state index in [0.717, 1.165) is 6.07 Å². The van der Waals surface area contributed by atoms with Crippen molar-refractivity contribution in [3.05, 3.63) is 46.1 Å². The molecule has 5 N–H and O–H groups in total. The molecule has 4 rings (SSSR count). The minimum absolute atomic E-state index is 0.0480. The monoisotopic (exact) mass is 369 g/mol. The molecule has 1 atom stereocenters. The van der Waals surface area contributed by atoms with Gasteiger partial charge in [-0.1, -0.05) is 0 Å². The number of carbonyl (C=O) groups excluding carboxylic acids is 1. The molecule has 1 aliphatic heterocycles. The van der Waals surface area contributed by atoms with Crippen molar-refractivity contribution in [2.75, 3.05) is 0 Å². The van der Waals surface area contributed by atoms with Crippen LogP contribution in [0.2, 0.25) is 0 Å². The first-order valence-corrected chi connectivity index (χ1v) is 8.19. The number of hydrogen-bond acceptors (Lipinski definition) is 7. The number of phenolic OH excluding ortho intramolecular Hbond substituents is 4. The molecule has 1 fully saturated rings. The summed E-state index contributed by atoms with van der Waals surface area (Å²) in [6.07, 6.45) is 0.654. The van der Waals surface area contributed by atoms with Crippen LogP contribution in [0.3, 0.4) is 0 Å². The Morgan fingerprint density at radius 2 is 1.74 bits per heavy atom. The van der Waals surface area contributed by atoms with E-state index in [4.69, 9.17) is 4.42 Å². The number of amides is 1. The van der Waals surface area contributed by atoms with Gasteiger partial charge in [0.25, 0.3) is 0 Å². The van der Waals surface area contributed by atoms with Crippen LogP contribution < -0.4 is 10.7 Å². The number of fused-ring (bicyclic) bond motifs is 1. The van der Waals surface area contributed by atoms with Crippen LogP contribution in [-0.4, -0.2) is 26.3 Å². The summed E-state index contributed by atoms with van der Waals surface area (Å²) in [4.78, 5) is 24.0. The Morgan fingerprint density at radius 1 is 0.963 bits per heavy atom. The van der Waals surface area contributed by atoms with Gasteiger partial charge in [0.2, 0.25) is 5.91 Å². The van der Waals surface area contributed by atoms with Crippen molar-refractivity contribution in [1.82, 2.24) is 5.32 Å². The van der Waals surface area contributed by atoms with Gasteiger partial charge >= 0.3 is 0 Å². The van der Waals surface area contributed by atoms with Crippen LogP contribution in [-0.2, 0) is 4.79 Å². The molecule has 0 spiro atoms. The van der Waals surface area contributed by atoms with Gasteiger partial charge in [-0.3, -0.25) is 9.59 Å². The molecule has 1 amide bonds. The second-order valence-corrected chi connectivity index (χ2v) is 6.37. The van der Waals surface area contributed by atoms with Gasteiger partial charge < -0.3 is 30.2 Å². The first kappa shape index (κ1) is 16.8. The van der Waals surface area contributed by atoms with Crippen LogP contribution in [0.5, 0.6) is 23.0 Å². The highest BCUT2D eigenvalue weighted by Gasteiger charge is 2.29. The van der Waals surface area contributed by atoms with E-state index in [-0.39, 0.29) is 51.9 Å². The predicted octanol–water partition coefficient (Wildman–Crippen LogP) is 2.23. The number of carbonyl (C=O) groups is 1. The molecule has 1 aromatic heterocycles. The summed E-state index contributed by atoms with van der Waals surface area (Å²) >= 11 is 0. The molecule has 1 aliphatic rings. The van der Waals surface area contributed by atoms with Crippen molar-refractivity contribution in [1.29, 1.82) is 0 Å². The van der Waals surface area contributed by atoms with E-state index in [2.05, 4.69) is 5.32 Å². The second-order valence-electron chi connectivity index (χ2n) is 6.37. The Hall–Kier alpha value is -3.68. The predicted molar refractivity (Wildman–Crippen MR) is 94.7 cm³/mol. The van der Waals surface area contributed by atoms with Crippen molar-refractivity contribution in [3.8, 4) is 34.3 Å². The molecule has 0 bridgehead atoms. The molecule has 0 aliphatic carbocycles. The maximum Gasteiger partial charge on any atom is 0.220 e. The highest BCUT2D eigenvalue weighted by atomic mass is 16.3. The quantitative estimate of drug-likeness (QED) is 0.436. The summed E-state index contributed by atoms with van der Waals surface area (Å²) in [5.74, 6) is -1.56. The van der Waals surface area contributed by atoms with Crippen LogP contribution in [0.4, 0.5) is 0 Å². The fraction of sp³-hybridized carbons (Fsp3) is 0.158. The summed E-state index contributed by atoms with van der Waals surface area (Å²) in [6.45, 7) is 0. The molecule has 0 unspecified atom stereocenters. The van der Waals surface area contributed by atoms with Gasteiger partial charge in [0.05, 0.1) is 11.6 Å². The summed E-state index contributed by atoms with van der Waals surface area (Å²) in [7, 11) is 0. The third-order valence-electron chi connectivity index (χ3n) is 4.61. The van der Waals surface area contributed by atoms with E-state index in [1.54, 1.807) is 0 Å². The van der Waals surface area contributed by atoms with Crippen molar-refractivity contribution in [2.24, 2.45) is 0 Å². The Bertz CT molecular complexity index is 1150. The molecule has 2 heterocycles. The zero-order valence-electron chi connectivity index (χ0n) is 13.9. The fourth-order valence-corrected chi connectivity index (χ4v) is 3.30. The summed E-state index contributed by atoms with van der Waals surface area (Å²) < 4.78 is 5.62. The molecule has 0 radical (unpaired) electrons. The largest absolute Gasteiger partial charge is 0.507 e. The third-order valence-corrected chi connectivity index (χ3v) is 4.61. The van der Waals surface area contributed by atoms with E-state index in [1.807, 2.05) is 0 Å². The Labute approximate surface area is 151 Å². The van der Waals surface area contributed by atoms with Crippen LogP contribution in [0.25, 0.3) is 22.3 Å². The minimum Gasteiger partial charge on any atom is -0.507 e. The lowest BCUT2D eigenvalue weighted by Gasteiger charge is -2.16. The van der Waals surface area contributed by atoms with Gasteiger partial charge in [-0.25, -0.2) is 0 Å². The molecular weight excluding hydrogens is 354 g/mol. The highest BCUT2D eigenvalue weighted by molar-refractivity contribution is 5.89. The Morgan fingerprint density at radius 3 is 2.41 bits per heavy atom. The average Bonchev–Trinajstić information content (AvgIpc) is 3.02. The average molecular weight is 369 g/mol. The standard InChI is InChI=1S/C19H15NO7/c21-10-3-1-8(5-11(10)22)14-6-13(24)18-15(27-14)7-12(23)17(19(18)26)9-2-4-16(25)20-9/h1,3,5-7,9,21-23,26H,2,4H2,(H,20,25)/t9-/m0/s1. The molecule has 8 nitrogen and oxygen atoms in total. The molecular formula is C19H15NO7. The summed E-state index contributed by atoms with van der Waals surface area (Å²) in [6, 6.07) is 5.68. The van der Waals surface area contributed by atoms with Gasteiger partial charge in [0, 0.05) is 24.1 Å². The van der Waals surface area contributed by atoms with Crippen molar-refractivity contribution < 1.29 is 29.6 Å². The number of rotatable bonds is 2. The minimum atomic E-state index is -0.588. The van der Waals surface area contributed by atoms with Crippen LogP contribution in [0.1, 0.15) is 24.4 Å². The van der Waals surface area contributed by atoms with E-state index < -0.39 is 17.2 Å². The van der Waals surface area contributed by atoms with Gasteiger partial charge in [0.1, 0.15) is 28.2 Å². The zero-order chi connectivity index (χ0) is 19.3. The van der Waals surface area contributed by atoms with Crippen molar-refractivity contribution in [2.45, 2.75) is 18.9 Å². The molecule has 2 aromatic carbocycles. The lowest BCUT2D eigenvalue weighted by atomic mass is 9.99. The third kappa shape index (κ3) is 2.71. The van der Waals surface area contributed by atoms with Gasteiger partial charge in [-0.2, -0.15) is 0 Å². The van der Waals surface area contributed by atoms with Crippen molar-refractivity contribution in [3.63, 3.8) is 0 Å². The summed E-state index contributed by atoms with van der Waals surface area (Å²) in [5.41, 5.74) is -0.193. The summed E-state index contributed by atoms with van der Waals surface area (Å²) in [5, 5.41) is 42.4. The normalized spacial score (nSPS) is 16.6.